The highest BCUT2D eigenvalue weighted by atomic mass is 35.5. The van der Waals surface area contributed by atoms with Crippen molar-refractivity contribution < 1.29 is 22.7 Å². The Hall–Kier alpha value is -4.54. The lowest BCUT2D eigenvalue weighted by Gasteiger charge is -2.17. The lowest BCUT2D eigenvalue weighted by atomic mass is 9.98. The second kappa shape index (κ2) is 13.6. The van der Waals surface area contributed by atoms with Crippen molar-refractivity contribution in [3.05, 3.63) is 107 Å². The van der Waals surface area contributed by atoms with E-state index in [1.807, 2.05) is 13.0 Å². The van der Waals surface area contributed by atoms with Gasteiger partial charge < -0.3 is 20.3 Å². The number of aryl methyl sites for hydroxylation is 1. The van der Waals surface area contributed by atoms with Gasteiger partial charge in [0.05, 0.1) is 23.4 Å². The van der Waals surface area contributed by atoms with E-state index in [1.165, 1.54) is 12.0 Å². The van der Waals surface area contributed by atoms with Gasteiger partial charge in [0.25, 0.3) is 21.8 Å². The van der Waals surface area contributed by atoms with Crippen molar-refractivity contribution in [3.8, 4) is 16.9 Å². The molecule has 0 spiro atoms. The fraction of sp³-hybridized carbons (Fsp3) is 0.188. The van der Waals surface area contributed by atoms with E-state index in [1.54, 1.807) is 93.0 Å². The molecule has 0 aliphatic carbocycles. The van der Waals surface area contributed by atoms with Crippen molar-refractivity contribution in [1.82, 2.24) is 10.2 Å². The number of amides is 2. The zero-order valence-corrected chi connectivity index (χ0v) is 25.8. The van der Waals surface area contributed by atoms with Gasteiger partial charge in [-0.15, -0.1) is 0 Å². The number of carbonyl (C=O) groups is 2. The minimum Gasteiger partial charge on any atom is -0.495 e. The van der Waals surface area contributed by atoms with Crippen molar-refractivity contribution in [1.29, 1.82) is 0 Å². The number of carbonyl (C=O) groups excluding carboxylic acids is 2. The molecule has 0 bridgehead atoms. The Morgan fingerprint density at radius 3 is 2.33 bits per heavy atom. The third kappa shape index (κ3) is 7.65. The number of nitrogens with zero attached hydrogens (tertiary/aromatic N) is 1. The highest BCUT2D eigenvalue weighted by molar-refractivity contribution is 7.92. The molecular weight excluding hydrogens is 588 g/mol. The first-order valence-corrected chi connectivity index (χ1v) is 15.3. The van der Waals surface area contributed by atoms with E-state index in [0.717, 1.165) is 5.56 Å². The van der Waals surface area contributed by atoms with Gasteiger partial charge in [-0.25, -0.2) is 8.42 Å². The topological polar surface area (TPSA) is 117 Å². The van der Waals surface area contributed by atoms with Crippen LogP contribution in [-0.4, -0.2) is 59.4 Å². The molecule has 0 saturated heterocycles. The van der Waals surface area contributed by atoms with E-state index in [4.69, 9.17) is 16.3 Å². The molecule has 9 nitrogen and oxygen atoms in total. The molecule has 11 heteroatoms. The van der Waals surface area contributed by atoms with E-state index in [0.29, 0.717) is 51.7 Å². The van der Waals surface area contributed by atoms with Crippen molar-refractivity contribution >= 4 is 44.8 Å². The van der Waals surface area contributed by atoms with Crippen LogP contribution in [0.25, 0.3) is 11.1 Å². The second-order valence-electron chi connectivity index (χ2n) is 9.95. The lowest BCUT2D eigenvalue weighted by Crippen LogP contribution is -2.28. The third-order valence-electron chi connectivity index (χ3n) is 6.60. The first-order valence-electron chi connectivity index (χ1n) is 13.4. The van der Waals surface area contributed by atoms with Crippen molar-refractivity contribution in [2.75, 3.05) is 44.3 Å². The largest absolute Gasteiger partial charge is 0.495 e. The van der Waals surface area contributed by atoms with E-state index >= 15 is 0 Å². The molecule has 3 N–H and O–H groups in total. The number of rotatable bonds is 11. The summed E-state index contributed by atoms with van der Waals surface area (Å²) in [5.74, 6) is -0.242. The summed E-state index contributed by atoms with van der Waals surface area (Å²) in [6.45, 7) is 2.58. The van der Waals surface area contributed by atoms with Crippen LogP contribution in [0.15, 0.2) is 89.8 Å². The maximum absolute atomic E-state index is 13.6. The number of anilines is 2. The van der Waals surface area contributed by atoms with Crippen LogP contribution < -0.4 is 20.1 Å². The van der Waals surface area contributed by atoms with Gasteiger partial charge in [-0.3, -0.25) is 14.3 Å². The van der Waals surface area contributed by atoms with Crippen molar-refractivity contribution in [3.63, 3.8) is 0 Å². The summed E-state index contributed by atoms with van der Waals surface area (Å²) >= 11 is 6.08. The monoisotopic (exact) mass is 620 g/mol. The quantitative estimate of drug-likeness (QED) is 0.186. The van der Waals surface area contributed by atoms with Gasteiger partial charge in [-0.2, -0.15) is 0 Å². The summed E-state index contributed by atoms with van der Waals surface area (Å²) in [5, 5.41) is 6.35. The zero-order valence-electron chi connectivity index (χ0n) is 24.3. The Kier molecular flexibility index (Phi) is 9.95. The Bertz CT molecular complexity index is 1760. The van der Waals surface area contributed by atoms with Crippen LogP contribution in [0.3, 0.4) is 0 Å². The summed E-state index contributed by atoms with van der Waals surface area (Å²) in [6, 6.07) is 23.9. The van der Waals surface area contributed by atoms with Crippen LogP contribution in [-0.2, 0) is 10.0 Å². The Morgan fingerprint density at radius 2 is 1.60 bits per heavy atom. The molecule has 0 aliphatic heterocycles. The van der Waals surface area contributed by atoms with Gasteiger partial charge in [0.2, 0.25) is 0 Å². The second-order valence-corrected chi connectivity index (χ2v) is 12.0. The molecule has 0 heterocycles. The molecule has 0 unspecified atom stereocenters. The minimum absolute atomic E-state index is 0.0411. The summed E-state index contributed by atoms with van der Waals surface area (Å²) in [6.07, 6.45) is 0. The fourth-order valence-electron chi connectivity index (χ4n) is 4.45. The normalized spacial score (nSPS) is 11.0. The summed E-state index contributed by atoms with van der Waals surface area (Å²) in [5.41, 5.74) is 4.04. The van der Waals surface area contributed by atoms with Crippen molar-refractivity contribution in [2.24, 2.45) is 0 Å². The molecule has 2 amide bonds. The van der Waals surface area contributed by atoms with E-state index < -0.39 is 10.0 Å². The molecule has 43 heavy (non-hydrogen) atoms. The Morgan fingerprint density at radius 1 is 0.884 bits per heavy atom. The SMILES string of the molecule is COc1cc(C)c(-c2cccc(C(=O)N(C)C)c2)cc1S(=O)(=O)Nc1cccc(NCCNC(=O)c2ccccc2Cl)c1. The van der Waals surface area contributed by atoms with E-state index in [2.05, 4.69) is 15.4 Å². The zero-order chi connectivity index (χ0) is 31.1. The Balaban J connectivity index is 1.50. The number of halogens is 1. The fourth-order valence-corrected chi connectivity index (χ4v) is 5.90. The molecule has 0 atom stereocenters. The number of hydrogen-bond donors (Lipinski definition) is 3. The summed E-state index contributed by atoms with van der Waals surface area (Å²) in [7, 11) is 0.688. The minimum atomic E-state index is -4.08. The number of ether oxygens (including phenoxy) is 1. The average Bonchev–Trinajstić information content (AvgIpc) is 2.98. The lowest BCUT2D eigenvalue weighted by molar-refractivity contribution is 0.0827. The first kappa shape index (κ1) is 31.4. The number of nitrogens with one attached hydrogen (secondary N) is 3. The number of methoxy groups -OCH3 is 1. The van der Waals surface area contributed by atoms with Gasteiger partial charge >= 0.3 is 0 Å². The van der Waals surface area contributed by atoms with Crippen LogP contribution in [0.2, 0.25) is 5.02 Å². The standard InChI is InChI=1S/C32H33ClN4O5S/c1-21-17-29(42-4)30(20-27(21)22-9-7-10-23(18-22)32(39)37(2)3)43(40,41)36-25-12-8-11-24(19-25)34-15-16-35-31(38)26-13-5-6-14-28(26)33/h5-14,17-20,34,36H,15-16H2,1-4H3,(H,35,38). The molecule has 0 radical (unpaired) electrons. The van der Waals surface area contributed by atoms with Gasteiger partial charge in [0.15, 0.2) is 0 Å². The summed E-state index contributed by atoms with van der Waals surface area (Å²) < 4.78 is 35.3. The van der Waals surface area contributed by atoms with Crippen LogP contribution >= 0.6 is 11.6 Å². The number of hydrogen-bond acceptors (Lipinski definition) is 6. The Labute approximate surface area is 256 Å². The number of sulfonamides is 1. The average molecular weight is 621 g/mol. The molecule has 224 valence electrons. The molecule has 0 fully saturated rings. The van der Waals surface area contributed by atoms with Crippen LogP contribution in [0.5, 0.6) is 5.75 Å². The van der Waals surface area contributed by atoms with Gasteiger partial charge in [0.1, 0.15) is 10.6 Å². The molecule has 0 aliphatic rings. The van der Waals surface area contributed by atoms with Crippen LogP contribution in [0.4, 0.5) is 11.4 Å². The maximum Gasteiger partial charge on any atom is 0.265 e. The molecule has 4 aromatic carbocycles. The smallest absolute Gasteiger partial charge is 0.265 e. The molecule has 4 rings (SSSR count). The summed E-state index contributed by atoms with van der Waals surface area (Å²) in [4.78, 5) is 26.3. The highest BCUT2D eigenvalue weighted by Crippen LogP contribution is 2.35. The maximum atomic E-state index is 13.6. The molecule has 0 saturated carbocycles. The van der Waals surface area contributed by atoms with Gasteiger partial charge in [-0.1, -0.05) is 41.9 Å². The van der Waals surface area contributed by atoms with E-state index in [-0.39, 0.29) is 22.5 Å². The molecule has 4 aromatic rings. The predicted molar refractivity (Wildman–Crippen MR) is 171 cm³/mol. The van der Waals surface area contributed by atoms with E-state index in [9.17, 15) is 18.0 Å². The van der Waals surface area contributed by atoms with Crippen LogP contribution in [0, 0.1) is 6.92 Å². The first-order chi connectivity index (χ1) is 20.5. The molecule has 0 aromatic heterocycles. The van der Waals surface area contributed by atoms with Crippen molar-refractivity contribution in [2.45, 2.75) is 11.8 Å². The highest BCUT2D eigenvalue weighted by Gasteiger charge is 2.23. The van der Waals surface area contributed by atoms with Gasteiger partial charge in [-0.05, 0) is 78.2 Å². The van der Waals surface area contributed by atoms with Crippen LogP contribution in [0.1, 0.15) is 26.3 Å². The third-order valence-corrected chi connectivity index (χ3v) is 8.33. The van der Waals surface area contributed by atoms with Gasteiger partial charge in [0, 0.05) is 38.4 Å². The number of benzene rings is 4. The molecular formula is C32H33ClN4O5S. The predicted octanol–water partition coefficient (Wildman–Crippen LogP) is 5.67.